The number of aryl methyl sites for hydroxylation is 1. The molecule has 0 saturated heterocycles. The smallest absolute Gasteiger partial charge is 0.123 e. The van der Waals surface area contributed by atoms with Crippen molar-refractivity contribution in [3.63, 3.8) is 0 Å². The summed E-state index contributed by atoms with van der Waals surface area (Å²) in [5, 5.41) is 3.24. The Labute approximate surface area is 102 Å². The van der Waals surface area contributed by atoms with Crippen LogP contribution in [0.15, 0.2) is 18.2 Å². The highest BCUT2D eigenvalue weighted by Gasteiger charge is 2.52. The number of nitrogens with one attached hydrogen (secondary N) is 1. The van der Waals surface area contributed by atoms with Gasteiger partial charge in [-0.2, -0.15) is 0 Å². The average molecular weight is 233 g/mol. The number of benzene rings is 1. The average Bonchev–Trinajstić information content (AvgIpc) is 3.11. The van der Waals surface area contributed by atoms with Gasteiger partial charge >= 0.3 is 0 Å². The minimum Gasteiger partial charge on any atom is -0.320 e. The second kappa shape index (κ2) is 4.09. The van der Waals surface area contributed by atoms with Crippen LogP contribution in [0.2, 0.25) is 0 Å². The van der Waals surface area contributed by atoms with Crippen LogP contribution in [0.3, 0.4) is 0 Å². The Hall–Kier alpha value is -0.890. The monoisotopic (exact) mass is 233 g/mol. The molecule has 1 fully saturated rings. The summed E-state index contributed by atoms with van der Waals surface area (Å²) < 4.78 is 13.4. The fourth-order valence-corrected chi connectivity index (χ4v) is 3.61. The van der Waals surface area contributed by atoms with Gasteiger partial charge in [-0.25, -0.2) is 4.39 Å². The Morgan fingerprint density at radius 3 is 2.94 bits per heavy atom. The van der Waals surface area contributed by atoms with Crippen molar-refractivity contribution in [2.75, 3.05) is 13.6 Å². The van der Waals surface area contributed by atoms with Gasteiger partial charge in [-0.1, -0.05) is 6.07 Å². The normalized spacial score (nSPS) is 24.7. The lowest BCUT2D eigenvalue weighted by molar-refractivity contribution is 0.327. The summed E-state index contributed by atoms with van der Waals surface area (Å²) in [5.41, 5.74) is 3.06. The first kappa shape index (κ1) is 11.2. The molecule has 1 aromatic rings. The van der Waals surface area contributed by atoms with Crippen LogP contribution >= 0.6 is 0 Å². The van der Waals surface area contributed by atoms with Crippen LogP contribution < -0.4 is 5.32 Å². The molecule has 3 rings (SSSR count). The van der Waals surface area contributed by atoms with Crippen LogP contribution in [0.25, 0.3) is 0 Å². The van der Waals surface area contributed by atoms with Crippen LogP contribution in [-0.2, 0) is 11.8 Å². The Kier molecular flexibility index (Phi) is 2.70. The van der Waals surface area contributed by atoms with Gasteiger partial charge in [-0.05, 0) is 80.3 Å². The summed E-state index contributed by atoms with van der Waals surface area (Å²) in [6.07, 6.45) is 6.16. The van der Waals surface area contributed by atoms with Crippen molar-refractivity contribution < 1.29 is 4.39 Å². The zero-order valence-corrected chi connectivity index (χ0v) is 10.4. The molecule has 1 N–H and O–H groups in total. The molecule has 1 saturated carbocycles. The lowest BCUT2D eigenvalue weighted by atomic mass is 9.71. The molecule has 0 aliphatic heterocycles. The SMILES string of the molecule is CNCCC1CCc2ccc(F)cc2C12CC2. The maximum Gasteiger partial charge on any atom is 0.123 e. The van der Waals surface area contributed by atoms with E-state index in [1.807, 2.05) is 13.1 Å². The molecular formula is C15H20FN. The number of halogens is 1. The van der Waals surface area contributed by atoms with Gasteiger partial charge in [-0.3, -0.25) is 0 Å². The number of fused-ring (bicyclic) bond motifs is 2. The van der Waals surface area contributed by atoms with E-state index in [1.54, 1.807) is 12.1 Å². The van der Waals surface area contributed by atoms with Crippen molar-refractivity contribution in [1.82, 2.24) is 5.32 Å². The predicted octanol–water partition coefficient (Wildman–Crippen LogP) is 3.03. The summed E-state index contributed by atoms with van der Waals surface area (Å²) >= 11 is 0. The van der Waals surface area contributed by atoms with E-state index in [0.717, 1.165) is 18.9 Å². The van der Waals surface area contributed by atoms with Crippen molar-refractivity contribution >= 4 is 0 Å². The molecule has 2 aliphatic rings. The lowest BCUT2D eigenvalue weighted by Gasteiger charge is -2.34. The maximum absolute atomic E-state index is 13.4. The van der Waals surface area contributed by atoms with Crippen molar-refractivity contribution in [3.8, 4) is 0 Å². The number of hydrogen-bond acceptors (Lipinski definition) is 1. The fraction of sp³-hybridized carbons (Fsp3) is 0.600. The summed E-state index contributed by atoms with van der Waals surface area (Å²) in [7, 11) is 2.01. The van der Waals surface area contributed by atoms with Gasteiger partial charge in [0, 0.05) is 0 Å². The third-order valence-electron chi connectivity index (χ3n) is 4.68. The van der Waals surface area contributed by atoms with E-state index < -0.39 is 0 Å². The molecule has 0 amide bonds. The zero-order chi connectivity index (χ0) is 11.9. The van der Waals surface area contributed by atoms with Gasteiger partial charge in [0.2, 0.25) is 0 Å². The van der Waals surface area contributed by atoms with E-state index >= 15 is 0 Å². The summed E-state index contributed by atoms with van der Waals surface area (Å²) in [6, 6.07) is 5.41. The molecule has 2 aliphatic carbocycles. The van der Waals surface area contributed by atoms with Crippen molar-refractivity contribution in [2.45, 2.75) is 37.5 Å². The van der Waals surface area contributed by atoms with E-state index in [1.165, 1.54) is 36.8 Å². The van der Waals surface area contributed by atoms with Crippen LogP contribution in [-0.4, -0.2) is 13.6 Å². The third kappa shape index (κ3) is 1.79. The second-order valence-corrected chi connectivity index (χ2v) is 5.59. The highest BCUT2D eigenvalue weighted by atomic mass is 19.1. The van der Waals surface area contributed by atoms with Crippen molar-refractivity contribution in [1.29, 1.82) is 0 Å². The molecule has 17 heavy (non-hydrogen) atoms. The molecule has 0 radical (unpaired) electrons. The zero-order valence-electron chi connectivity index (χ0n) is 10.4. The predicted molar refractivity (Wildman–Crippen MR) is 67.7 cm³/mol. The molecule has 2 heteroatoms. The molecule has 0 heterocycles. The van der Waals surface area contributed by atoms with Crippen LogP contribution in [0.4, 0.5) is 4.39 Å². The quantitative estimate of drug-likeness (QED) is 0.846. The minimum atomic E-state index is -0.0655. The first-order valence-electron chi connectivity index (χ1n) is 6.70. The number of hydrogen-bond donors (Lipinski definition) is 1. The molecule has 0 bridgehead atoms. The van der Waals surface area contributed by atoms with Gasteiger partial charge in [0.25, 0.3) is 0 Å². The summed E-state index contributed by atoms with van der Waals surface area (Å²) in [4.78, 5) is 0. The second-order valence-electron chi connectivity index (χ2n) is 5.59. The van der Waals surface area contributed by atoms with Crippen molar-refractivity contribution in [3.05, 3.63) is 35.1 Å². The molecule has 1 atom stereocenters. The standard InChI is InChI=1S/C15H20FN/c1-17-9-6-12-4-2-11-3-5-13(16)10-14(11)15(12)7-8-15/h3,5,10,12,17H,2,4,6-9H2,1H3. The van der Waals surface area contributed by atoms with Crippen LogP contribution in [0, 0.1) is 11.7 Å². The highest BCUT2D eigenvalue weighted by Crippen LogP contribution is 2.59. The molecule has 1 aromatic carbocycles. The summed E-state index contributed by atoms with van der Waals surface area (Å²) in [6.45, 7) is 1.08. The molecule has 92 valence electrons. The maximum atomic E-state index is 13.4. The number of rotatable bonds is 3. The molecular weight excluding hydrogens is 213 g/mol. The van der Waals surface area contributed by atoms with Gasteiger partial charge in [-0.15, -0.1) is 0 Å². The molecule has 0 aromatic heterocycles. The summed E-state index contributed by atoms with van der Waals surface area (Å²) in [5.74, 6) is 0.688. The Morgan fingerprint density at radius 1 is 1.41 bits per heavy atom. The van der Waals surface area contributed by atoms with Gasteiger partial charge < -0.3 is 5.32 Å². The fourth-order valence-electron chi connectivity index (χ4n) is 3.61. The van der Waals surface area contributed by atoms with Gasteiger partial charge in [0.1, 0.15) is 5.82 Å². The van der Waals surface area contributed by atoms with E-state index in [0.29, 0.717) is 5.41 Å². The largest absolute Gasteiger partial charge is 0.320 e. The Morgan fingerprint density at radius 2 is 2.24 bits per heavy atom. The van der Waals surface area contributed by atoms with Gasteiger partial charge in [0.05, 0.1) is 0 Å². The van der Waals surface area contributed by atoms with Crippen LogP contribution in [0.5, 0.6) is 0 Å². The highest BCUT2D eigenvalue weighted by molar-refractivity contribution is 5.42. The first-order chi connectivity index (χ1) is 8.26. The molecule has 1 nitrogen and oxygen atoms in total. The molecule has 1 unspecified atom stereocenters. The topological polar surface area (TPSA) is 12.0 Å². The minimum absolute atomic E-state index is 0.0655. The first-order valence-corrected chi connectivity index (χ1v) is 6.70. The van der Waals surface area contributed by atoms with E-state index in [2.05, 4.69) is 5.32 Å². The Balaban J connectivity index is 1.91. The lowest BCUT2D eigenvalue weighted by Crippen LogP contribution is -2.29. The Bertz CT molecular complexity index is 423. The van der Waals surface area contributed by atoms with E-state index in [9.17, 15) is 4.39 Å². The van der Waals surface area contributed by atoms with Gasteiger partial charge in [0.15, 0.2) is 0 Å². The van der Waals surface area contributed by atoms with E-state index in [-0.39, 0.29) is 5.82 Å². The van der Waals surface area contributed by atoms with Crippen molar-refractivity contribution in [2.24, 2.45) is 5.92 Å². The van der Waals surface area contributed by atoms with Crippen LogP contribution in [0.1, 0.15) is 36.8 Å². The third-order valence-corrected chi connectivity index (χ3v) is 4.68. The molecule has 1 spiro atoms. The van der Waals surface area contributed by atoms with E-state index in [4.69, 9.17) is 0 Å².